The number of aliphatic hydroxyl groups is 1. The zero-order valence-corrected chi connectivity index (χ0v) is 9.45. The SMILES string of the molecule is CC(C)N1CCCCC1C/C=C\CO. The molecular weight excluding hydrogens is 174 g/mol. The van der Waals surface area contributed by atoms with Crippen LogP contribution in [-0.2, 0) is 0 Å². The van der Waals surface area contributed by atoms with E-state index in [0.717, 1.165) is 6.42 Å². The van der Waals surface area contributed by atoms with E-state index in [1.165, 1.54) is 25.8 Å². The molecule has 1 rings (SSSR count). The van der Waals surface area contributed by atoms with Gasteiger partial charge in [0, 0.05) is 12.1 Å². The molecule has 0 aromatic carbocycles. The van der Waals surface area contributed by atoms with Crippen molar-refractivity contribution in [2.75, 3.05) is 13.2 Å². The lowest BCUT2D eigenvalue weighted by Crippen LogP contribution is -2.43. The minimum absolute atomic E-state index is 0.175. The van der Waals surface area contributed by atoms with Crippen LogP contribution in [0.2, 0.25) is 0 Å². The summed E-state index contributed by atoms with van der Waals surface area (Å²) in [5, 5.41) is 8.67. The first-order chi connectivity index (χ1) is 6.75. The largest absolute Gasteiger partial charge is 0.392 e. The molecule has 14 heavy (non-hydrogen) atoms. The molecule has 0 amide bonds. The van der Waals surface area contributed by atoms with Crippen LogP contribution in [0.5, 0.6) is 0 Å². The number of hydrogen-bond acceptors (Lipinski definition) is 2. The lowest BCUT2D eigenvalue weighted by atomic mass is 9.97. The number of rotatable bonds is 4. The van der Waals surface area contributed by atoms with E-state index in [-0.39, 0.29) is 6.61 Å². The van der Waals surface area contributed by atoms with Gasteiger partial charge in [0.2, 0.25) is 0 Å². The Kier molecular flexibility index (Phi) is 5.20. The van der Waals surface area contributed by atoms with Gasteiger partial charge in [-0.1, -0.05) is 18.6 Å². The third-order valence-corrected chi connectivity index (χ3v) is 3.02. The fraction of sp³-hybridized carbons (Fsp3) is 0.833. The van der Waals surface area contributed by atoms with Gasteiger partial charge in [-0.15, -0.1) is 0 Å². The van der Waals surface area contributed by atoms with Crippen molar-refractivity contribution in [2.24, 2.45) is 0 Å². The summed E-state index contributed by atoms with van der Waals surface area (Å²) in [4.78, 5) is 2.59. The zero-order chi connectivity index (χ0) is 10.4. The van der Waals surface area contributed by atoms with Crippen LogP contribution in [0.4, 0.5) is 0 Å². The van der Waals surface area contributed by atoms with Crippen molar-refractivity contribution in [2.45, 2.75) is 51.6 Å². The molecule has 2 heteroatoms. The molecule has 82 valence electrons. The fourth-order valence-electron chi connectivity index (χ4n) is 2.28. The van der Waals surface area contributed by atoms with E-state index in [4.69, 9.17) is 5.11 Å². The predicted octanol–water partition coefficient (Wildman–Crippen LogP) is 2.19. The smallest absolute Gasteiger partial charge is 0.0612 e. The van der Waals surface area contributed by atoms with Crippen LogP contribution < -0.4 is 0 Å². The average Bonchev–Trinajstić information content (AvgIpc) is 2.19. The minimum Gasteiger partial charge on any atom is -0.392 e. The molecule has 1 fully saturated rings. The van der Waals surface area contributed by atoms with Gasteiger partial charge >= 0.3 is 0 Å². The number of likely N-dealkylation sites (tertiary alicyclic amines) is 1. The first-order valence-corrected chi connectivity index (χ1v) is 5.77. The third kappa shape index (κ3) is 3.43. The first-order valence-electron chi connectivity index (χ1n) is 5.77. The van der Waals surface area contributed by atoms with Crippen LogP contribution in [0.25, 0.3) is 0 Å². The summed E-state index contributed by atoms with van der Waals surface area (Å²) in [5.74, 6) is 0. The van der Waals surface area contributed by atoms with Gasteiger partial charge in [0.05, 0.1) is 6.61 Å². The summed E-state index contributed by atoms with van der Waals surface area (Å²) in [6.45, 7) is 5.96. The highest BCUT2D eigenvalue weighted by atomic mass is 16.2. The number of hydrogen-bond donors (Lipinski definition) is 1. The molecule has 1 aliphatic rings. The quantitative estimate of drug-likeness (QED) is 0.698. The van der Waals surface area contributed by atoms with Crippen LogP contribution in [0, 0.1) is 0 Å². The van der Waals surface area contributed by atoms with Gasteiger partial charge in [-0.3, -0.25) is 4.90 Å². The molecule has 0 aliphatic carbocycles. The Morgan fingerprint density at radius 2 is 2.14 bits per heavy atom. The predicted molar refractivity (Wildman–Crippen MR) is 60.3 cm³/mol. The highest BCUT2D eigenvalue weighted by Gasteiger charge is 2.22. The maximum Gasteiger partial charge on any atom is 0.0612 e. The van der Waals surface area contributed by atoms with E-state index < -0.39 is 0 Å². The van der Waals surface area contributed by atoms with Crippen LogP contribution in [-0.4, -0.2) is 35.2 Å². The van der Waals surface area contributed by atoms with Crippen molar-refractivity contribution >= 4 is 0 Å². The maximum absolute atomic E-state index is 8.67. The van der Waals surface area contributed by atoms with Gasteiger partial charge in [0.1, 0.15) is 0 Å². The summed E-state index contributed by atoms with van der Waals surface area (Å²) in [6, 6.07) is 1.36. The Balaban J connectivity index is 2.41. The van der Waals surface area contributed by atoms with Crippen LogP contribution in [0.1, 0.15) is 39.5 Å². The van der Waals surface area contributed by atoms with Crippen LogP contribution in [0.15, 0.2) is 12.2 Å². The average molecular weight is 197 g/mol. The molecule has 2 nitrogen and oxygen atoms in total. The molecule has 1 unspecified atom stereocenters. The number of nitrogens with zero attached hydrogens (tertiary/aromatic N) is 1. The van der Waals surface area contributed by atoms with Crippen molar-refractivity contribution in [3.05, 3.63) is 12.2 Å². The second-order valence-electron chi connectivity index (χ2n) is 4.37. The van der Waals surface area contributed by atoms with Crippen molar-refractivity contribution in [3.8, 4) is 0 Å². The van der Waals surface area contributed by atoms with Gasteiger partial charge in [0.25, 0.3) is 0 Å². The van der Waals surface area contributed by atoms with E-state index in [2.05, 4.69) is 24.8 Å². The Morgan fingerprint density at radius 1 is 1.36 bits per heavy atom. The summed E-state index contributed by atoms with van der Waals surface area (Å²) in [5.41, 5.74) is 0. The topological polar surface area (TPSA) is 23.5 Å². The van der Waals surface area contributed by atoms with Crippen molar-refractivity contribution in [1.82, 2.24) is 4.90 Å². The molecule has 1 heterocycles. The van der Waals surface area contributed by atoms with Gasteiger partial charge in [-0.25, -0.2) is 0 Å². The molecule has 1 saturated heterocycles. The van der Waals surface area contributed by atoms with Gasteiger partial charge in [0.15, 0.2) is 0 Å². The van der Waals surface area contributed by atoms with E-state index >= 15 is 0 Å². The van der Waals surface area contributed by atoms with Gasteiger partial charge < -0.3 is 5.11 Å². The Hall–Kier alpha value is -0.340. The van der Waals surface area contributed by atoms with Gasteiger partial charge in [-0.05, 0) is 39.7 Å². The number of aliphatic hydroxyl groups excluding tert-OH is 1. The molecular formula is C12H23NO. The lowest BCUT2D eigenvalue weighted by Gasteiger charge is -2.38. The maximum atomic E-state index is 8.67. The third-order valence-electron chi connectivity index (χ3n) is 3.02. The van der Waals surface area contributed by atoms with Crippen LogP contribution in [0.3, 0.4) is 0 Å². The molecule has 1 atom stereocenters. The van der Waals surface area contributed by atoms with E-state index in [0.29, 0.717) is 12.1 Å². The molecule has 0 saturated carbocycles. The fourth-order valence-corrected chi connectivity index (χ4v) is 2.28. The Morgan fingerprint density at radius 3 is 2.79 bits per heavy atom. The van der Waals surface area contributed by atoms with Crippen molar-refractivity contribution in [1.29, 1.82) is 0 Å². The summed E-state index contributed by atoms with van der Waals surface area (Å²) >= 11 is 0. The molecule has 0 bridgehead atoms. The first kappa shape index (κ1) is 11.7. The lowest BCUT2D eigenvalue weighted by molar-refractivity contribution is 0.113. The van der Waals surface area contributed by atoms with E-state index in [1.807, 2.05) is 6.08 Å². The zero-order valence-electron chi connectivity index (χ0n) is 9.45. The highest BCUT2D eigenvalue weighted by Crippen LogP contribution is 2.22. The standard InChI is InChI=1S/C12H23NO/c1-11(2)13-9-5-3-7-12(13)8-4-6-10-14/h4,6,11-12,14H,3,5,7-10H2,1-2H3/b6-4-. The van der Waals surface area contributed by atoms with Crippen molar-refractivity contribution < 1.29 is 5.11 Å². The normalized spacial score (nSPS) is 25.0. The molecule has 0 aromatic rings. The minimum atomic E-state index is 0.175. The number of piperidine rings is 1. The molecule has 0 radical (unpaired) electrons. The Bertz CT molecular complexity index is 177. The molecule has 0 spiro atoms. The van der Waals surface area contributed by atoms with E-state index in [9.17, 15) is 0 Å². The summed E-state index contributed by atoms with van der Waals surface area (Å²) in [7, 11) is 0. The van der Waals surface area contributed by atoms with Crippen LogP contribution >= 0.6 is 0 Å². The second-order valence-corrected chi connectivity index (χ2v) is 4.37. The Labute approximate surface area is 87.6 Å². The van der Waals surface area contributed by atoms with E-state index in [1.54, 1.807) is 0 Å². The molecule has 1 N–H and O–H groups in total. The summed E-state index contributed by atoms with van der Waals surface area (Å²) in [6.07, 6.45) is 9.09. The molecule has 1 aliphatic heterocycles. The monoisotopic (exact) mass is 197 g/mol. The van der Waals surface area contributed by atoms with Gasteiger partial charge in [-0.2, -0.15) is 0 Å². The van der Waals surface area contributed by atoms with Crippen molar-refractivity contribution in [3.63, 3.8) is 0 Å². The second kappa shape index (κ2) is 6.20. The molecule has 0 aromatic heterocycles. The highest BCUT2D eigenvalue weighted by molar-refractivity contribution is 4.89. The summed E-state index contributed by atoms with van der Waals surface area (Å²) < 4.78 is 0.